The van der Waals surface area contributed by atoms with Crippen molar-refractivity contribution in [3.63, 3.8) is 0 Å². The second-order valence-electron chi connectivity index (χ2n) is 4.20. The molecule has 0 aromatic carbocycles. The molecule has 0 bridgehead atoms. The lowest BCUT2D eigenvalue weighted by Gasteiger charge is -2.25. The van der Waals surface area contributed by atoms with Gasteiger partial charge in [0.25, 0.3) is 0 Å². The van der Waals surface area contributed by atoms with Crippen LogP contribution < -0.4 is 5.73 Å². The average molecular weight is 384 g/mol. The Bertz CT molecular complexity index is 366. The molecule has 0 spiro atoms. The summed E-state index contributed by atoms with van der Waals surface area (Å²) in [6, 6.07) is 2.73. The zero-order valence-corrected chi connectivity index (χ0v) is 13.6. The SMILES string of the molecule is COCCN1CCC(N)C1c1cc(Br)c(Br)s1. The van der Waals surface area contributed by atoms with E-state index in [0.717, 1.165) is 34.4 Å². The number of nitrogens with zero attached hydrogens (tertiary/aromatic N) is 1. The maximum atomic E-state index is 6.23. The van der Waals surface area contributed by atoms with Crippen LogP contribution in [-0.2, 0) is 4.74 Å². The van der Waals surface area contributed by atoms with Crippen molar-refractivity contribution in [1.29, 1.82) is 0 Å². The van der Waals surface area contributed by atoms with E-state index in [-0.39, 0.29) is 6.04 Å². The Balaban J connectivity index is 2.15. The van der Waals surface area contributed by atoms with Crippen molar-refractivity contribution in [2.45, 2.75) is 18.5 Å². The summed E-state index contributed by atoms with van der Waals surface area (Å²) in [6.45, 7) is 2.77. The second kappa shape index (κ2) is 6.12. The fourth-order valence-corrected chi connectivity index (χ4v) is 4.54. The number of methoxy groups -OCH3 is 1. The summed E-state index contributed by atoms with van der Waals surface area (Å²) >= 11 is 8.84. The van der Waals surface area contributed by atoms with Gasteiger partial charge in [0.2, 0.25) is 0 Å². The highest BCUT2D eigenvalue weighted by Gasteiger charge is 2.33. The number of halogens is 2. The Kier molecular flexibility index (Phi) is 5.03. The minimum absolute atomic E-state index is 0.226. The van der Waals surface area contributed by atoms with E-state index >= 15 is 0 Å². The van der Waals surface area contributed by atoms with Crippen LogP contribution >= 0.6 is 43.2 Å². The Morgan fingerprint density at radius 3 is 2.94 bits per heavy atom. The molecule has 6 heteroatoms. The molecular formula is C11H16Br2N2OS. The maximum Gasteiger partial charge on any atom is 0.0843 e. The molecule has 2 heterocycles. The van der Waals surface area contributed by atoms with Gasteiger partial charge in [-0.05, 0) is 44.3 Å². The maximum absolute atomic E-state index is 6.23. The summed E-state index contributed by atoms with van der Waals surface area (Å²) in [5, 5.41) is 0. The Morgan fingerprint density at radius 1 is 1.59 bits per heavy atom. The molecule has 1 aromatic heterocycles. The summed E-state index contributed by atoms with van der Waals surface area (Å²) < 4.78 is 7.41. The first-order valence-corrected chi connectivity index (χ1v) is 7.97. The van der Waals surface area contributed by atoms with E-state index in [4.69, 9.17) is 10.5 Å². The predicted octanol–water partition coefficient (Wildman–Crippen LogP) is 2.99. The van der Waals surface area contributed by atoms with Crippen LogP contribution in [0.5, 0.6) is 0 Å². The van der Waals surface area contributed by atoms with Gasteiger partial charge in [-0.3, -0.25) is 4.90 Å². The molecule has 2 atom stereocenters. The number of hydrogen-bond acceptors (Lipinski definition) is 4. The van der Waals surface area contributed by atoms with Crippen LogP contribution in [0.1, 0.15) is 17.3 Å². The van der Waals surface area contributed by atoms with Gasteiger partial charge in [0.15, 0.2) is 0 Å². The van der Waals surface area contributed by atoms with E-state index in [0.29, 0.717) is 6.04 Å². The summed E-state index contributed by atoms with van der Waals surface area (Å²) in [5.74, 6) is 0. The van der Waals surface area contributed by atoms with E-state index in [2.05, 4.69) is 42.8 Å². The van der Waals surface area contributed by atoms with E-state index < -0.39 is 0 Å². The molecular weight excluding hydrogens is 368 g/mol. The van der Waals surface area contributed by atoms with Crippen LogP contribution in [0.2, 0.25) is 0 Å². The molecule has 0 saturated carbocycles. The number of rotatable bonds is 4. The molecule has 0 amide bonds. The minimum Gasteiger partial charge on any atom is -0.383 e. The predicted molar refractivity (Wildman–Crippen MR) is 78.5 cm³/mol. The van der Waals surface area contributed by atoms with Crippen molar-refractivity contribution in [3.8, 4) is 0 Å². The fourth-order valence-electron chi connectivity index (χ4n) is 2.24. The number of likely N-dealkylation sites (tertiary alicyclic amines) is 1. The molecule has 2 unspecified atom stereocenters. The number of ether oxygens (including phenoxy) is 1. The van der Waals surface area contributed by atoms with Crippen LogP contribution in [0, 0.1) is 0 Å². The van der Waals surface area contributed by atoms with Crippen molar-refractivity contribution in [2.24, 2.45) is 5.73 Å². The van der Waals surface area contributed by atoms with Crippen molar-refractivity contribution in [2.75, 3.05) is 26.8 Å². The van der Waals surface area contributed by atoms with Gasteiger partial charge in [0, 0.05) is 35.6 Å². The van der Waals surface area contributed by atoms with Crippen LogP contribution in [0.3, 0.4) is 0 Å². The van der Waals surface area contributed by atoms with Crippen molar-refractivity contribution in [1.82, 2.24) is 4.90 Å². The first-order chi connectivity index (χ1) is 8.13. The Labute approximate surface area is 123 Å². The number of hydrogen-bond donors (Lipinski definition) is 1. The zero-order chi connectivity index (χ0) is 12.4. The van der Waals surface area contributed by atoms with E-state index in [9.17, 15) is 0 Å². The average Bonchev–Trinajstić information content (AvgIpc) is 2.80. The van der Waals surface area contributed by atoms with Gasteiger partial charge in [-0.15, -0.1) is 11.3 Å². The first kappa shape index (κ1) is 14.0. The molecule has 1 aliphatic heterocycles. The standard InChI is InChI=1S/C11H16Br2N2OS/c1-16-5-4-15-3-2-8(14)10(15)9-6-7(12)11(13)17-9/h6,8,10H,2-5,14H2,1H3. The lowest BCUT2D eigenvalue weighted by molar-refractivity contribution is 0.140. The Morgan fingerprint density at radius 2 is 2.35 bits per heavy atom. The van der Waals surface area contributed by atoms with Gasteiger partial charge >= 0.3 is 0 Å². The van der Waals surface area contributed by atoms with Crippen molar-refractivity contribution >= 4 is 43.2 Å². The van der Waals surface area contributed by atoms with Gasteiger partial charge < -0.3 is 10.5 Å². The minimum atomic E-state index is 0.226. The van der Waals surface area contributed by atoms with E-state index in [1.807, 2.05) is 0 Å². The highest BCUT2D eigenvalue weighted by Crippen LogP contribution is 2.40. The summed E-state index contributed by atoms with van der Waals surface area (Å²) in [7, 11) is 1.74. The molecule has 1 aromatic rings. The topological polar surface area (TPSA) is 38.5 Å². The molecule has 17 heavy (non-hydrogen) atoms. The number of thiophene rings is 1. The lowest BCUT2D eigenvalue weighted by Crippen LogP contribution is -2.33. The normalized spacial score (nSPS) is 25.6. The Hall–Kier alpha value is 0.540. The summed E-state index contributed by atoms with van der Waals surface area (Å²) in [5.41, 5.74) is 6.23. The molecule has 1 aliphatic rings. The van der Waals surface area contributed by atoms with Crippen molar-refractivity contribution < 1.29 is 4.74 Å². The highest BCUT2D eigenvalue weighted by molar-refractivity contribution is 9.13. The van der Waals surface area contributed by atoms with Crippen LogP contribution in [-0.4, -0.2) is 37.7 Å². The van der Waals surface area contributed by atoms with Crippen LogP contribution in [0.25, 0.3) is 0 Å². The van der Waals surface area contributed by atoms with E-state index in [1.54, 1.807) is 18.4 Å². The third-order valence-electron chi connectivity index (χ3n) is 3.09. The second-order valence-corrected chi connectivity index (χ2v) is 7.45. The fraction of sp³-hybridized carbons (Fsp3) is 0.636. The summed E-state index contributed by atoms with van der Waals surface area (Å²) in [6.07, 6.45) is 1.06. The van der Waals surface area contributed by atoms with Gasteiger partial charge in [0.1, 0.15) is 0 Å². The smallest absolute Gasteiger partial charge is 0.0843 e. The van der Waals surface area contributed by atoms with Gasteiger partial charge in [-0.2, -0.15) is 0 Å². The van der Waals surface area contributed by atoms with Gasteiger partial charge in [0.05, 0.1) is 16.4 Å². The lowest BCUT2D eigenvalue weighted by atomic mass is 10.1. The zero-order valence-electron chi connectivity index (χ0n) is 9.66. The van der Waals surface area contributed by atoms with Crippen molar-refractivity contribution in [3.05, 3.63) is 19.2 Å². The van der Waals surface area contributed by atoms with Crippen LogP contribution in [0.15, 0.2) is 14.3 Å². The molecule has 2 rings (SSSR count). The molecule has 0 radical (unpaired) electrons. The molecule has 1 saturated heterocycles. The molecule has 96 valence electrons. The van der Waals surface area contributed by atoms with Crippen LogP contribution in [0.4, 0.5) is 0 Å². The molecule has 0 aliphatic carbocycles. The van der Waals surface area contributed by atoms with E-state index in [1.165, 1.54) is 4.88 Å². The van der Waals surface area contributed by atoms with Gasteiger partial charge in [-0.25, -0.2) is 0 Å². The third kappa shape index (κ3) is 3.11. The molecule has 1 fully saturated rings. The third-order valence-corrected chi connectivity index (χ3v) is 6.41. The summed E-state index contributed by atoms with van der Waals surface area (Å²) in [4.78, 5) is 3.74. The largest absolute Gasteiger partial charge is 0.383 e. The van der Waals surface area contributed by atoms with Gasteiger partial charge in [-0.1, -0.05) is 0 Å². The monoisotopic (exact) mass is 382 g/mol. The number of nitrogens with two attached hydrogens (primary N) is 1. The molecule has 2 N–H and O–H groups in total. The highest BCUT2D eigenvalue weighted by atomic mass is 79.9. The quantitative estimate of drug-likeness (QED) is 0.868. The molecule has 3 nitrogen and oxygen atoms in total. The first-order valence-electron chi connectivity index (χ1n) is 5.56.